The third kappa shape index (κ3) is 4.52. The number of amides is 1. The van der Waals surface area contributed by atoms with Crippen LogP contribution in [0.2, 0.25) is 5.02 Å². The van der Waals surface area contributed by atoms with Gasteiger partial charge in [-0.25, -0.2) is 0 Å². The average molecular weight is 372 g/mol. The van der Waals surface area contributed by atoms with Crippen molar-refractivity contribution in [3.63, 3.8) is 0 Å². The summed E-state index contributed by atoms with van der Waals surface area (Å²) in [6.07, 6.45) is -4.61. The van der Waals surface area contributed by atoms with Crippen LogP contribution in [0.3, 0.4) is 0 Å². The smallest absolute Gasteiger partial charge is 0.372 e. The van der Waals surface area contributed by atoms with Crippen molar-refractivity contribution in [1.82, 2.24) is 5.32 Å². The van der Waals surface area contributed by atoms with Crippen LogP contribution >= 0.6 is 11.6 Å². The number of methoxy groups -OCH3 is 1. The van der Waals surface area contributed by atoms with Crippen molar-refractivity contribution < 1.29 is 22.7 Å². The van der Waals surface area contributed by atoms with Crippen molar-refractivity contribution in [2.24, 2.45) is 0 Å². The molecule has 0 fully saturated rings. The highest BCUT2D eigenvalue weighted by Gasteiger charge is 2.35. The molecule has 1 atom stereocenters. The molecule has 0 spiro atoms. The minimum atomic E-state index is -4.61. The number of rotatable bonds is 5. The zero-order valence-corrected chi connectivity index (χ0v) is 14.4. The standard InChI is InChI=1S/C18H17ClF3NO2/c1-17(25-2,12-6-5-7-13(19)10-12)11-23-16(24)14-8-3-4-9-15(14)18(20,21)22/h3-10H,11H2,1-2H3,(H,23,24)/t17-/m0/s1. The second kappa shape index (κ2) is 7.45. The van der Waals surface area contributed by atoms with Crippen LogP contribution in [0.4, 0.5) is 13.2 Å². The number of carbonyl (C=O) groups excluding carboxylic acids is 1. The van der Waals surface area contributed by atoms with Gasteiger partial charge >= 0.3 is 6.18 Å². The number of carbonyl (C=O) groups is 1. The highest BCUT2D eigenvalue weighted by Crippen LogP contribution is 2.32. The number of hydrogen-bond donors (Lipinski definition) is 1. The highest BCUT2D eigenvalue weighted by atomic mass is 35.5. The van der Waals surface area contributed by atoms with Gasteiger partial charge < -0.3 is 10.1 Å². The van der Waals surface area contributed by atoms with Crippen LogP contribution in [-0.4, -0.2) is 19.6 Å². The van der Waals surface area contributed by atoms with Crippen molar-refractivity contribution in [1.29, 1.82) is 0 Å². The lowest BCUT2D eigenvalue weighted by atomic mass is 9.95. The zero-order chi connectivity index (χ0) is 18.7. The van der Waals surface area contributed by atoms with Crippen molar-refractivity contribution in [3.8, 4) is 0 Å². The zero-order valence-electron chi connectivity index (χ0n) is 13.7. The van der Waals surface area contributed by atoms with Gasteiger partial charge in [0.2, 0.25) is 0 Å². The summed E-state index contributed by atoms with van der Waals surface area (Å²) in [5.74, 6) is -0.821. The SMILES string of the molecule is CO[C@@](C)(CNC(=O)c1ccccc1C(F)(F)F)c1cccc(Cl)c1. The first-order chi connectivity index (χ1) is 11.7. The molecule has 0 aliphatic carbocycles. The summed E-state index contributed by atoms with van der Waals surface area (Å²) in [4.78, 5) is 12.3. The van der Waals surface area contributed by atoms with E-state index in [1.54, 1.807) is 31.2 Å². The molecule has 2 rings (SSSR count). The predicted molar refractivity (Wildman–Crippen MR) is 89.6 cm³/mol. The van der Waals surface area contributed by atoms with E-state index in [9.17, 15) is 18.0 Å². The number of halogens is 4. The van der Waals surface area contributed by atoms with Gasteiger partial charge in [-0.2, -0.15) is 13.2 Å². The number of benzene rings is 2. The Bertz CT molecular complexity index is 764. The van der Waals surface area contributed by atoms with Gasteiger partial charge in [0.1, 0.15) is 5.60 Å². The summed E-state index contributed by atoms with van der Waals surface area (Å²) >= 11 is 5.97. The fourth-order valence-corrected chi connectivity index (χ4v) is 2.57. The van der Waals surface area contributed by atoms with E-state index in [-0.39, 0.29) is 6.54 Å². The number of nitrogens with one attached hydrogen (secondary N) is 1. The molecular weight excluding hydrogens is 355 g/mol. The lowest BCUT2D eigenvalue weighted by Crippen LogP contribution is -2.40. The third-order valence-electron chi connectivity index (χ3n) is 3.95. The molecule has 7 heteroatoms. The summed E-state index contributed by atoms with van der Waals surface area (Å²) in [6.45, 7) is 1.70. The molecule has 134 valence electrons. The van der Waals surface area contributed by atoms with Gasteiger partial charge in [0, 0.05) is 12.1 Å². The van der Waals surface area contributed by atoms with Crippen LogP contribution in [-0.2, 0) is 16.5 Å². The maximum atomic E-state index is 13.0. The molecule has 0 aliphatic rings. The quantitative estimate of drug-likeness (QED) is 0.830. The Morgan fingerprint density at radius 2 is 1.84 bits per heavy atom. The van der Waals surface area contributed by atoms with Crippen LogP contribution in [0.1, 0.15) is 28.4 Å². The molecule has 0 radical (unpaired) electrons. The van der Waals surface area contributed by atoms with E-state index < -0.39 is 28.8 Å². The van der Waals surface area contributed by atoms with Gasteiger partial charge in [-0.15, -0.1) is 0 Å². The molecular formula is C18H17ClF3NO2. The fourth-order valence-electron chi connectivity index (χ4n) is 2.38. The largest absolute Gasteiger partial charge is 0.417 e. The van der Waals surface area contributed by atoms with Crippen molar-refractivity contribution in [2.45, 2.75) is 18.7 Å². The number of alkyl halides is 3. The van der Waals surface area contributed by atoms with Gasteiger partial charge in [-0.3, -0.25) is 4.79 Å². The molecule has 2 aromatic rings. The van der Waals surface area contributed by atoms with E-state index in [1.807, 2.05) is 0 Å². The maximum Gasteiger partial charge on any atom is 0.417 e. The van der Waals surface area contributed by atoms with Gasteiger partial charge in [0.25, 0.3) is 5.91 Å². The Hall–Kier alpha value is -2.05. The minimum absolute atomic E-state index is 0.0190. The molecule has 2 aromatic carbocycles. The van der Waals surface area contributed by atoms with Crippen molar-refractivity contribution in [2.75, 3.05) is 13.7 Å². The Morgan fingerprint density at radius 1 is 1.16 bits per heavy atom. The second-order valence-electron chi connectivity index (χ2n) is 5.67. The second-order valence-corrected chi connectivity index (χ2v) is 6.11. The predicted octanol–water partition coefficient (Wildman–Crippen LogP) is 4.65. The molecule has 0 aromatic heterocycles. The maximum absolute atomic E-state index is 13.0. The molecule has 0 heterocycles. The molecule has 3 nitrogen and oxygen atoms in total. The molecule has 0 bridgehead atoms. The van der Waals surface area contributed by atoms with Crippen LogP contribution in [0.25, 0.3) is 0 Å². The highest BCUT2D eigenvalue weighted by molar-refractivity contribution is 6.30. The van der Waals surface area contributed by atoms with E-state index in [1.165, 1.54) is 19.2 Å². The lowest BCUT2D eigenvalue weighted by Gasteiger charge is -2.29. The molecule has 1 amide bonds. The molecule has 0 saturated heterocycles. The lowest BCUT2D eigenvalue weighted by molar-refractivity contribution is -0.137. The van der Waals surface area contributed by atoms with Gasteiger partial charge in [-0.05, 0) is 36.8 Å². The van der Waals surface area contributed by atoms with Crippen LogP contribution in [0, 0.1) is 0 Å². The number of ether oxygens (including phenoxy) is 1. The normalized spacial score (nSPS) is 14.0. The minimum Gasteiger partial charge on any atom is -0.372 e. The Balaban J connectivity index is 2.21. The Morgan fingerprint density at radius 3 is 2.44 bits per heavy atom. The molecule has 25 heavy (non-hydrogen) atoms. The van der Waals surface area contributed by atoms with Crippen LogP contribution < -0.4 is 5.32 Å². The van der Waals surface area contributed by atoms with Gasteiger partial charge in [0.05, 0.1) is 17.7 Å². The first-order valence-corrected chi connectivity index (χ1v) is 7.81. The van der Waals surface area contributed by atoms with Crippen molar-refractivity contribution >= 4 is 17.5 Å². The number of hydrogen-bond acceptors (Lipinski definition) is 2. The van der Waals surface area contributed by atoms with E-state index >= 15 is 0 Å². The summed E-state index contributed by atoms with van der Waals surface area (Å²) in [7, 11) is 1.46. The average Bonchev–Trinajstić information content (AvgIpc) is 2.58. The first kappa shape index (κ1) is 19.3. The monoisotopic (exact) mass is 371 g/mol. The van der Waals surface area contributed by atoms with E-state index in [0.717, 1.165) is 12.1 Å². The topological polar surface area (TPSA) is 38.3 Å². The first-order valence-electron chi connectivity index (χ1n) is 7.43. The van der Waals surface area contributed by atoms with Gasteiger partial charge in [0.15, 0.2) is 0 Å². The molecule has 0 aliphatic heterocycles. The molecule has 0 saturated carbocycles. The van der Waals surface area contributed by atoms with Crippen LogP contribution in [0.5, 0.6) is 0 Å². The summed E-state index contributed by atoms with van der Waals surface area (Å²) < 4.78 is 44.6. The third-order valence-corrected chi connectivity index (χ3v) is 4.18. The van der Waals surface area contributed by atoms with E-state index in [2.05, 4.69) is 5.32 Å². The fraction of sp³-hybridized carbons (Fsp3) is 0.278. The summed E-state index contributed by atoms with van der Waals surface area (Å²) in [6, 6.07) is 11.5. The molecule has 0 unspecified atom stereocenters. The Labute approximate surface area is 148 Å². The van der Waals surface area contributed by atoms with Crippen molar-refractivity contribution in [3.05, 3.63) is 70.2 Å². The summed E-state index contributed by atoms with van der Waals surface area (Å²) in [5, 5.41) is 3.01. The van der Waals surface area contributed by atoms with E-state index in [0.29, 0.717) is 10.6 Å². The van der Waals surface area contributed by atoms with E-state index in [4.69, 9.17) is 16.3 Å². The summed E-state index contributed by atoms with van der Waals surface area (Å²) in [5.41, 5.74) is -1.64. The van der Waals surface area contributed by atoms with Gasteiger partial charge in [-0.1, -0.05) is 35.9 Å². The molecule has 1 N–H and O–H groups in total. The van der Waals surface area contributed by atoms with Crippen LogP contribution in [0.15, 0.2) is 48.5 Å². The Kier molecular flexibility index (Phi) is 5.75.